The van der Waals surface area contributed by atoms with Crippen LogP contribution >= 0.6 is 11.6 Å². The zero-order valence-corrected chi connectivity index (χ0v) is 18.6. The zero-order valence-electron chi connectivity index (χ0n) is 17.8. The van der Waals surface area contributed by atoms with Gasteiger partial charge in [0, 0.05) is 23.4 Å². The van der Waals surface area contributed by atoms with E-state index >= 15 is 0 Å². The first-order chi connectivity index (χ1) is 16.0. The molecule has 9 heteroatoms. The second-order valence-electron chi connectivity index (χ2n) is 7.11. The maximum Gasteiger partial charge on any atom is 0.255 e. The average molecular weight is 468 g/mol. The summed E-state index contributed by atoms with van der Waals surface area (Å²) < 4.78 is 16.3. The molecule has 3 aromatic rings. The number of halogens is 1. The van der Waals surface area contributed by atoms with Crippen molar-refractivity contribution in [3.8, 4) is 17.2 Å². The van der Waals surface area contributed by atoms with Gasteiger partial charge in [-0.2, -0.15) is 0 Å². The first-order valence-corrected chi connectivity index (χ1v) is 10.6. The van der Waals surface area contributed by atoms with Crippen molar-refractivity contribution < 1.29 is 23.8 Å². The maximum atomic E-state index is 12.5. The van der Waals surface area contributed by atoms with E-state index in [1.54, 1.807) is 55.6 Å². The Morgan fingerprint density at radius 3 is 2.36 bits per heavy atom. The standard InChI is InChI=1S/C24H22ClN3O5/c1-31-20-5-3-2-4-18(20)28-24(30)15-6-8-16(9-7-15)27-23(29)14-26-19-13-22-21(12-17(19)25)32-10-11-33-22/h2-9,12-13,26H,10-11,14H2,1H3,(H,27,29)(H,28,30). The van der Waals surface area contributed by atoms with E-state index in [0.717, 1.165) is 0 Å². The Balaban J connectivity index is 1.32. The molecule has 1 aliphatic rings. The molecule has 0 bridgehead atoms. The van der Waals surface area contributed by atoms with E-state index in [1.165, 1.54) is 0 Å². The van der Waals surface area contributed by atoms with Crippen molar-refractivity contribution in [2.45, 2.75) is 0 Å². The fourth-order valence-electron chi connectivity index (χ4n) is 3.23. The van der Waals surface area contributed by atoms with Crippen molar-refractivity contribution in [1.29, 1.82) is 0 Å². The SMILES string of the molecule is COc1ccccc1NC(=O)c1ccc(NC(=O)CNc2cc3c(cc2Cl)OCCO3)cc1. The van der Waals surface area contributed by atoms with Crippen LogP contribution in [0.4, 0.5) is 17.1 Å². The molecular formula is C24H22ClN3O5. The van der Waals surface area contributed by atoms with Crippen LogP contribution in [0.2, 0.25) is 5.02 Å². The van der Waals surface area contributed by atoms with Gasteiger partial charge in [0.1, 0.15) is 19.0 Å². The smallest absolute Gasteiger partial charge is 0.255 e. The molecule has 3 aromatic carbocycles. The summed E-state index contributed by atoms with van der Waals surface area (Å²) in [4.78, 5) is 24.9. The molecule has 8 nitrogen and oxygen atoms in total. The predicted molar refractivity (Wildman–Crippen MR) is 127 cm³/mol. The van der Waals surface area contributed by atoms with Gasteiger partial charge in [0.15, 0.2) is 11.5 Å². The molecule has 0 aromatic heterocycles. The minimum atomic E-state index is -0.285. The number of fused-ring (bicyclic) bond motifs is 1. The van der Waals surface area contributed by atoms with Gasteiger partial charge in [-0.25, -0.2) is 0 Å². The normalized spacial score (nSPS) is 11.9. The van der Waals surface area contributed by atoms with Gasteiger partial charge in [-0.3, -0.25) is 9.59 Å². The lowest BCUT2D eigenvalue weighted by Crippen LogP contribution is -2.22. The van der Waals surface area contributed by atoms with Gasteiger partial charge in [-0.1, -0.05) is 23.7 Å². The van der Waals surface area contributed by atoms with E-state index in [9.17, 15) is 9.59 Å². The Morgan fingerprint density at radius 1 is 0.939 bits per heavy atom. The van der Waals surface area contributed by atoms with Crippen LogP contribution in [0.1, 0.15) is 10.4 Å². The molecule has 1 heterocycles. The molecule has 0 unspecified atom stereocenters. The van der Waals surface area contributed by atoms with E-state index in [2.05, 4.69) is 16.0 Å². The summed E-state index contributed by atoms with van der Waals surface area (Å²) in [6.45, 7) is 0.927. The van der Waals surface area contributed by atoms with Crippen molar-refractivity contribution in [3.63, 3.8) is 0 Å². The first-order valence-electron chi connectivity index (χ1n) is 10.2. The Labute approximate surface area is 195 Å². The van der Waals surface area contributed by atoms with Crippen LogP contribution in [0.3, 0.4) is 0 Å². The van der Waals surface area contributed by atoms with E-state index < -0.39 is 0 Å². The molecule has 0 atom stereocenters. The molecule has 170 valence electrons. The zero-order chi connectivity index (χ0) is 23.2. The number of hydrogen-bond donors (Lipinski definition) is 3. The minimum Gasteiger partial charge on any atom is -0.495 e. The van der Waals surface area contributed by atoms with Gasteiger partial charge in [0.05, 0.1) is 30.1 Å². The highest BCUT2D eigenvalue weighted by molar-refractivity contribution is 6.33. The third-order valence-corrected chi connectivity index (χ3v) is 5.17. The van der Waals surface area contributed by atoms with E-state index in [-0.39, 0.29) is 18.4 Å². The number of carbonyl (C=O) groups excluding carboxylic acids is 2. The van der Waals surface area contributed by atoms with Crippen LogP contribution in [0.25, 0.3) is 0 Å². The molecule has 0 saturated carbocycles. The highest BCUT2D eigenvalue weighted by Gasteiger charge is 2.16. The number of ether oxygens (including phenoxy) is 3. The molecular weight excluding hydrogens is 446 g/mol. The number of methoxy groups -OCH3 is 1. The van der Waals surface area contributed by atoms with E-state index in [0.29, 0.717) is 58.1 Å². The van der Waals surface area contributed by atoms with Crippen LogP contribution in [0.5, 0.6) is 17.2 Å². The number of carbonyl (C=O) groups is 2. The first kappa shape index (κ1) is 22.3. The van der Waals surface area contributed by atoms with Gasteiger partial charge in [-0.05, 0) is 36.4 Å². The Morgan fingerprint density at radius 2 is 1.64 bits per heavy atom. The number of para-hydroxylation sites is 2. The van der Waals surface area contributed by atoms with Gasteiger partial charge in [0.25, 0.3) is 5.91 Å². The quantitative estimate of drug-likeness (QED) is 0.475. The Bertz CT molecular complexity index is 1170. The molecule has 2 amide bonds. The number of amides is 2. The van der Waals surface area contributed by atoms with Crippen LogP contribution in [0, 0.1) is 0 Å². The summed E-state index contributed by atoms with van der Waals surface area (Å²) in [5.74, 6) is 1.17. The number of hydrogen-bond acceptors (Lipinski definition) is 6. The molecule has 3 N–H and O–H groups in total. The monoisotopic (exact) mass is 467 g/mol. The molecule has 33 heavy (non-hydrogen) atoms. The lowest BCUT2D eigenvalue weighted by Gasteiger charge is -2.20. The second-order valence-corrected chi connectivity index (χ2v) is 7.52. The predicted octanol–water partition coefficient (Wildman–Crippen LogP) is 4.42. The highest BCUT2D eigenvalue weighted by Crippen LogP contribution is 2.37. The van der Waals surface area contributed by atoms with Gasteiger partial charge in [0.2, 0.25) is 5.91 Å². The number of benzene rings is 3. The molecule has 4 rings (SSSR count). The number of rotatable bonds is 7. The Hall–Kier alpha value is -3.91. The molecule has 0 radical (unpaired) electrons. The molecule has 0 saturated heterocycles. The van der Waals surface area contributed by atoms with Crippen molar-refractivity contribution in [1.82, 2.24) is 0 Å². The van der Waals surface area contributed by atoms with Crippen molar-refractivity contribution in [2.24, 2.45) is 0 Å². The molecule has 1 aliphatic heterocycles. The average Bonchev–Trinajstić information content (AvgIpc) is 2.83. The summed E-state index contributed by atoms with van der Waals surface area (Å²) in [5, 5.41) is 9.01. The van der Waals surface area contributed by atoms with Crippen LogP contribution in [-0.4, -0.2) is 38.7 Å². The van der Waals surface area contributed by atoms with E-state index in [4.69, 9.17) is 25.8 Å². The molecule has 0 fully saturated rings. The lowest BCUT2D eigenvalue weighted by atomic mass is 10.2. The highest BCUT2D eigenvalue weighted by atomic mass is 35.5. The third-order valence-electron chi connectivity index (χ3n) is 4.86. The third kappa shape index (κ3) is 5.48. The van der Waals surface area contributed by atoms with Crippen molar-refractivity contribution >= 4 is 40.5 Å². The summed E-state index contributed by atoms with van der Waals surface area (Å²) >= 11 is 6.25. The lowest BCUT2D eigenvalue weighted by molar-refractivity contribution is -0.114. The molecule has 0 spiro atoms. The van der Waals surface area contributed by atoms with E-state index in [1.807, 2.05) is 12.1 Å². The van der Waals surface area contributed by atoms with Gasteiger partial charge >= 0.3 is 0 Å². The topological polar surface area (TPSA) is 97.9 Å². The Kier molecular flexibility index (Phi) is 6.85. The van der Waals surface area contributed by atoms with Gasteiger partial charge < -0.3 is 30.2 Å². The largest absolute Gasteiger partial charge is 0.495 e. The second kappa shape index (κ2) is 10.1. The maximum absolute atomic E-state index is 12.5. The van der Waals surface area contributed by atoms with Crippen LogP contribution in [0.15, 0.2) is 60.7 Å². The summed E-state index contributed by atoms with van der Waals surface area (Å²) in [7, 11) is 1.54. The number of anilines is 3. The number of nitrogens with one attached hydrogen (secondary N) is 3. The van der Waals surface area contributed by atoms with Crippen molar-refractivity contribution in [3.05, 3.63) is 71.2 Å². The van der Waals surface area contributed by atoms with Gasteiger partial charge in [-0.15, -0.1) is 0 Å². The van der Waals surface area contributed by atoms with Crippen LogP contribution < -0.4 is 30.2 Å². The minimum absolute atomic E-state index is 0.00456. The van der Waals surface area contributed by atoms with Crippen LogP contribution in [-0.2, 0) is 4.79 Å². The van der Waals surface area contributed by atoms with Crippen molar-refractivity contribution in [2.75, 3.05) is 42.8 Å². The summed E-state index contributed by atoms with van der Waals surface area (Å²) in [5.41, 5.74) is 2.15. The fraction of sp³-hybridized carbons (Fsp3) is 0.167. The molecule has 0 aliphatic carbocycles. The fourth-order valence-corrected chi connectivity index (χ4v) is 3.45. The summed E-state index contributed by atoms with van der Waals surface area (Å²) in [6, 6.07) is 17.1. The summed E-state index contributed by atoms with van der Waals surface area (Å²) in [6.07, 6.45) is 0.